The van der Waals surface area contributed by atoms with Crippen molar-refractivity contribution in [1.82, 2.24) is 0 Å². The van der Waals surface area contributed by atoms with Crippen LogP contribution in [0.3, 0.4) is 0 Å². The van der Waals surface area contributed by atoms with Crippen LogP contribution in [0.4, 0.5) is 5.69 Å². The van der Waals surface area contributed by atoms with Crippen molar-refractivity contribution in [3.63, 3.8) is 0 Å². The number of anilines is 1. The van der Waals surface area contributed by atoms with Gasteiger partial charge >= 0.3 is 11.6 Å². The summed E-state index contributed by atoms with van der Waals surface area (Å²) < 4.78 is 38.3. The van der Waals surface area contributed by atoms with Crippen LogP contribution in [0.25, 0.3) is 11.0 Å². The number of esters is 1. The van der Waals surface area contributed by atoms with Crippen LogP contribution >= 0.6 is 0 Å². The Balaban J connectivity index is 1.64. The van der Waals surface area contributed by atoms with E-state index >= 15 is 0 Å². The number of hydrogen-bond donors (Lipinski definition) is 0. The van der Waals surface area contributed by atoms with E-state index in [0.717, 1.165) is 9.87 Å². The largest absolute Gasteiger partial charge is 0.457 e. The smallest absolute Gasteiger partial charge is 0.339 e. The molecule has 0 radical (unpaired) electrons. The Bertz CT molecular complexity index is 1490. The van der Waals surface area contributed by atoms with E-state index in [1.807, 2.05) is 13.0 Å². The summed E-state index contributed by atoms with van der Waals surface area (Å²) in [6.45, 7) is 1.66. The summed E-state index contributed by atoms with van der Waals surface area (Å²) in [4.78, 5) is 24.7. The second-order valence-electron chi connectivity index (χ2n) is 7.47. The van der Waals surface area contributed by atoms with Gasteiger partial charge in [0, 0.05) is 24.1 Å². The molecule has 0 amide bonds. The van der Waals surface area contributed by atoms with Gasteiger partial charge < -0.3 is 9.15 Å². The molecule has 0 saturated heterocycles. The summed E-state index contributed by atoms with van der Waals surface area (Å²) >= 11 is 0. The summed E-state index contributed by atoms with van der Waals surface area (Å²) in [5.74, 6) is -0.816. The van der Waals surface area contributed by atoms with E-state index in [2.05, 4.69) is 0 Å². The molecule has 4 aromatic rings. The van der Waals surface area contributed by atoms with Gasteiger partial charge in [-0.25, -0.2) is 18.0 Å². The zero-order valence-corrected chi connectivity index (χ0v) is 18.8. The second-order valence-corrected chi connectivity index (χ2v) is 9.41. The second kappa shape index (κ2) is 8.91. The third-order valence-corrected chi connectivity index (χ3v) is 7.05. The van der Waals surface area contributed by atoms with Crippen LogP contribution in [0, 0.1) is 6.92 Å². The van der Waals surface area contributed by atoms with Crippen molar-refractivity contribution in [3.8, 4) is 0 Å². The summed E-state index contributed by atoms with van der Waals surface area (Å²) in [6, 6.07) is 21.0. The molecule has 33 heavy (non-hydrogen) atoms. The number of carbonyl (C=O) groups excluding carboxylic acids is 1. The molecule has 0 N–H and O–H groups in total. The maximum atomic E-state index is 13.2. The van der Waals surface area contributed by atoms with Crippen molar-refractivity contribution >= 4 is 32.6 Å². The molecule has 0 atom stereocenters. The molecule has 7 nitrogen and oxygen atoms in total. The molecular weight excluding hydrogens is 442 g/mol. The van der Waals surface area contributed by atoms with E-state index in [-0.39, 0.29) is 17.1 Å². The fraction of sp³-hybridized carbons (Fsp3) is 0.120. The monoisotopic (exact) mass is 463 g/mol. The lowest BCUT2D eigenvalue weighted by Gasteiger charge is -2.21. The normalized spacial score (nSPS) is 11.3. The minimum Gasteiger partial charge on any atom is -0.457 e. The Hall–Kier alpha value is -3.91. The minimum atomic E-state index is -4.03. The Morgan fingerprint density at radius 1 is 0.970 bits per heavy atom. The summed E-state index contributed by atoms with van der Waals surface area (Å²) in [5.41, 5.74) is 1.58. The number of sulfonamides is 1. The van der Waals surface area contributed by atoms with Gasteiger partial charge in [0.15, 0.2) is 0 Å². The average Bonchev–Trinajstić information content (AvgIpc) is 2.82. The van der Waals surface area contributed by atoms with Crippen LogP contribution in [0.15, 0.2) is 93.0 Å². The lowest BCUT2D eigenvalue weighted by Crippen LogP contribution is -2.28. The minimum absolute atomic E-state index is 0.0941. The van der Waals surface area contributed by atoms with Gasteiger partial charge in [-0.2, -0.15) is 0 Å². The van der Waals surface area contributed by atoms with Crippen molar-refractivity contribution in [2.75, 3.05) is 11.4 Å². The van der Waals surface area contributed by atoms with Crippen molar-refractivity contribution < 1.29 is 22.4 Å². The molecule has 1 heterocycles. The molecule has 1 aromatic heterocycles. The standard InChI is InChI=1S/C25H21NO6S/c1-17-12-13-20-18(15-24(27)32-22(20)14-17)16-31-25(28)21-10-6-7-11-23(21)33(29,30)26(2)19-8-4-3-5-9-19/h3-15H,16H2,1-2H3. The van der Waals surface area contributed by atoms with E-state index in [9.17, 15) is 18.0 Å². The van der Waals surface area contributed by atoms with Crippen LogP contribution < -0.4 is 9.93 Å². The number of aryl methyl sites for hydroxylation is 1. The van der Waals surface area contributed by atoms with Gasteiger partial charge in [-0.15, -0.1) is 0 Å². The van der Waals surface area contributed by atoms with Crippen molar-refractivity contribution in [2.24, 2.45) is 0 Å². The van der Waals surface area contributed by atoms with E-state index in [1.54, 1.807) is 54.6 Å². The quantitative estimate of drug-likeness (QED) is 0.313. The highest BCUT2D eigenvalue weighted by Gasteiger charge is 2.27. The first kappa shape index (κ1) is 22.3. The Kier molecular flexibility index (Phi) is 6.02. The first-order valence-electron chi connectivity index (χ1n) is 10.1. The van der Waals surface area contributed by atoms with Crippen LogP contribution in [-0.4, -0.2) is 21.4 Å². The first-order valence-corrected chi connectivity index (χ1v) is 11.5. The highest BCUT2D eigenvalue weighted by Crippen LogP contribution is 2.25. The first-order chi connectivity index (χ1) is 15.8. The van der Waals surface area contributed by atoms with E-state index < -0.39 is 21.6 Å². The number of para-hydroxylation sites is 1. The molecule has 168 valence electrons. The molecule has 4 rings (SSSR count). The number of rotatable bonds is 6. The number of hydrogen-bond acceptors (Lipinski definition) is 6. The molecule has 0 unspecified atom stereocenters. The maximum Gasteiger partial charge on any atom is 0.339 e. The van der Waals surface area contributed by atoms with E-state index in [1.165, 1.54) is 25.2 Å². The van der Waals surface area contributed by atoms with Crippen molar-refractivity contribution in [3.05, 3.63) is 106 Å². The number of ether oxygens (including phenoxy) is 1. The van der Waals surface area contributed by atoms with Gasteiger partial charge in [0.25, 0.3) is 10.0 Å². The van der Waals surface area contributed by atoms with Gasteiger partial charge in [0.2, 0.25) is 0 Å². The average molecular weight is 464 g/mol. The van der Waals surface area contributed by atoms with E-state index in [4.69, 9.17) is 9.15 Å². The van der Waals surface area contributed by atoms with Crippen molar-refractivity contribution in [1.29, 1.82) is 0 Å². The molecule has 0 bridgehead atoms. The molecule has 3 aromatic carbocycles. The number of nitrogens with zero attached hydrogens (tertiary/aromatic N) is 1. The highest BCUT2D eigenvalue weighted by atomic mass is 32.2. The summed E-state index contributed by atoms with van der Waals surface area (Å²) in [5, 5.41) is 0.637. The molecule has 0 saturated carbocycles. The van der Waals surface area contributed by atoms with Gasteiger partial charge in [-0.05, 0) is 42.8 Å². The molecule has 0 fully saturated rings. The predicted molar refractivity (Wildman–Crippen MR) is 125 cm³/mol. The summed E-state index contributed by atoms with van der Waals surface area (Å²) in [6.07, 6.45) is 0. The van der Waals surface area contributed by atoms with Gasteiger partial charge in [0.05, 0.1) is 11.3 Å². The van der Waals surface area contributed by atoms with Crippen LogP contribution in [0.1, 0.15) is 21.5 Å². The van der Waals surface area contributed by atoms with Gasteiger partial charge in [0.1, 0.15) is 17.1 Å². The third kappa shape index (κ3) is 4.51. The zero-order valence-electron chi connectivity index (χ0n) is 18.0. The molecule has 0 aliphatic carbocycles. The molecule has 8 heteroatoms. The lowest BCUT2D eigenvalue weighted by molar-refractivity contribution is 0.0469. The lowest BCUT2D eigenvalue weighted by atomic mass is 10.1. The third-order valence-electron chi connectivity index (χ3n) is 5.21. The Morgan fingerprint density at radius 2 is 1.67 bits per heavy atom. The Labute approximate surface area is 190 Å². The topological polar surface area (TPSA) is 93.9 Å². The molecule has 0 aliphatic heterocycles. The number of fused-ring (bicyclic) bond motifs is 1. The van der Waals surface area contributed by atoms with Crippen LogP contribution in [0.5, 0.6) is 0 Å². The number of benzene rings is 3. The molecule has 0 aliphatic rings. The van der Waals surface area contributed by atoms with E-state index in [0.29, 0.717) is 22.2 Å². The SMILES string of the molecule is Cc1ccc2c(COC(=O)c3ccccc3S(=O)(=O)N(C)c3ccccc3)cc(=O)oc2c1. The highest BCUT2D eigenvalue weighted by molar-refractivity contribution is 7.92. The van der Waals surface area contributed by atoms with Gasteiger partial charge in [-0.3, -0.25) is 4.31 Å². The summed E-state index contributed by atoms with van der Waals surface area (Å²) in [7, 11) is -2.61. The molecular formula is C25H21NO6S. The predicted octanol–water partition coefficient (Wildman–Crippen LogP) is 4.28. The number of carbonyl (C=O) groups is 1. The van der Waals surface area contributed by atoms with Crippen LogP contribution in [-0.2, 0) is 21.4 Å². The zero-order chi connectivity index (χ0) is 23.6. The van der Waals surface area contributed by atoms with Crippen molar-refractivity contribution in [2.45, 2.75) is 18.4 Å². The maximum absolute atomic E-state index is 13.2. The molecule has 0 spiro atoms. The fourth-order valence-electron chi connectivity index (χ4n) is 3.46. The Morgan fingerprint density at radius 3 is 2.42 bits per heavy atom. The van der Waals surface area contributed by atoms with Crippen LogP contribution in [0.2, 0.25) is 0 Å². The van der Waals surface area contributed by atoms with Gasteiger partial charge in [-0.1, -0.05) is 42.5 Å². The fourth-order valence-corrected chi connectivity index (χ4v) is 4.84.